The SMILES string of the molecule is COC1(CC(=O)Nc2cc(C#CCO)ccc2C)CCC1. The maximum atomic E-state index is 12.2. The van der Waals surface area contributed by atoms with Crippen molar-refractivity contribution in [2.45, 2.75) is 38.2 Å². The van der Waals surface area contributed by atoms with E-state index >= 15 is 0 Å². The van der Waals surface area contributed by atoms with Gasteiger partial charge in [-0.2, -0.15) is 0 Å². The highest BCUT2D eigenvalue weighted by Crippen LogP contribution is 2.38. The largest absolute Gasteiger partial charge is 0.384 e. The zero-order chi connectivity index (χ0) is 15.3. The molecule has 0 radical (unpaired) electrons. The average Bonchev–Trinajstić information content (AvgIpc) is 2.43. The van der Waals surface area contributed by atoms with E-state index < -0.39 is 0 Å². The molecule has 0 unspecified atom stereocenters. The van der Waals surface area contributed by atoms with Crippen molar-refractivity contribution in [2.24, 2.45) is 0 Å². The summed E-state index contributed by atoms with van der Waals surface area (Å²) in [7, 11) is 1.67. The molecule has 1 fully saturated rings. The summed E-state index contributed by atoms with van der Waals surface area (Å²) < 4.78 is 5.48. The first-order valence-corrected chi connectivity index (χ1v) is 7.14. The van der Waals surface area contributed by atoms with Gasteiger partial charge in [-0.05, 0) is 43.9 Å². The Hall–Kier alpha value is -1.83. The molecule has 112 valence electrons. The number of aliphatic hydroxyl groups excluding tert-OH is 1. The predicted molar refractivity (Wildman–Crippen MR) is 82.0 cm³/mol. The normalized spacial score (nSPS) is 15.6. The molecule has 0 spiro atoms. The topological polar surface area (TPSA) is 58.6 Å². The van der Waals surface area contributed by atoms with Gasteiger partial charge in [-0.3, -0.25) is 4.79 Å². The summed E-state index contributed by atoms with van der Waals surface area (Å²) in [6.07, 6.45) is 3.39. The van der Waals surface area contributed by atoms with Crippen molar-refractivity contribution in [3.8, 4) is 11.8 Å². The third-order valence-corrected chi connectivity index (χ3v) is 4.00. The average molecular weight is 287 g/mol. The Morgan fingerprint density at radius 3 is 2.81 bits per heavy atom. The van der Waals surface area contributed by atoms with E-state index in [1.54, 1.807) is 7.11 Å². The summed E-state index contributed by atoms with van der Waals surface area (Å²) in [5, 5.41) is 11.7. The van der Waals surface area contributed by atoms with Crippen molar-refractivity contribution >= 4 is 11.6 Å². The molecule has 0 aromatic heterocycles. The summed E-state index contributed by atoms with van der Waals surface area (Å²) in [5.41, 5.74) is 2.25. The number of benzene rings is 1. The Balaban J connectivity index is 2.06. The molecule has 0 saturated heterocycles. The Bertz CT molecular complexity index is 574. The molecule has 1 aliphatic carbocycles. The number of carbonyl (C=O) groups is 1. The fraction of sp³-hybridized carbons (Fsp3) is 0.471. The van der Waals surface area contributed by atoms with Crippen molar-refractivity contribution in [1.29, 1.82) is 0 Å². The van der Waals surface area contributed by atoms with Crippen LogP contribution in [0.3, 0.4) is 0 Å². The van der Waals surface area contributed by atoms with Gasteiger partial charge in [-0.25, -0.2) is 0 Å². The second-order valence-corrected chi connectivity index (χ2v) is 5.46. The van der Waals surface area contributed by atoms with Gasteiger partial charge in [0.2, 0.25) is 5.91 Å². The number of hydrogen-bond donors (Lipinski definition) is 2. The first-order valence-electron chi connectivity index (χ1n) is 7.14. The van der Waals surface area contributed by atoms with E-state index in [4.69, 9.17) is 9.84 Å². The van der Waals surface area contributed by atoms with E-state index in [2.05, 4.69) is 17.2 Å². The first kappa shape index (κ1) is 15.6. The van der Waals surface area contributed by atoms with E-state index in [0.29, 0.717) is 6.42 Å². The van der Waals surface area contributed by atoms with Gasteiger partial charge in [0.15, 0.2) is 0 Å². The maximum absolute atomic E-state index is 12.2. The van der Waals surface area contributed by atoms with Crippen LogP contribution in [-0.2, 0) is 9.53 Å². The summed E-state index contributed by atoms with van der Waals surface area (Å²) in [6, 6.07) is 5.61. The van der Waals surface area contributed by atoms with Crippen molar-refractivity contribution in [3.63, 3.8) is 0 Å². The fourth-order valence-corrected chi connectivity index (χ4v) is 2.49. The number of methoxy groups -OCH3 is 1. The molecule has 4 heteroatoms. The zero-order valence-corrected chi connectivity index (χ0v) is 12.5. The molecule has 1 amide bonds. The summed E-state index contributed by atoms with van der Waals surface area (Å²) in [5.74, 6) is 5.41. The van der Waals surface area contributed by atoms with Crippen LogP contribution in [0.1, 0.15) is 36.8 Å². The van der Waals surface area contributed by atoms with E-state index in [1.807, 2.05) is 25.1 Å². The van der Waals surface area contributed by atoms with Crippen LogP contribution in [0.15, 0.2) is 18.2 Å². The minimum Gasteiger partial charge on any atom is -0.384 e. The molecule has 0 aliphatic heterocycles. The van der Waals surface area contributed by atoms with E-state index in [0.717, 1.165) is 36.1 Å². The Kier molecular flexibility index (Phi) is 5.00. The van der Waals surface area contributed by atoms with Crippen LogP contribution >= 0.6 is 0 Å². The number of rotatable bonds is 4. The van der Waals surface area contributed by atoms with Crippen molar-refractivity contribution in [3.05, 3.63) is 29.3 Å². The van der Waals surface area contributed by atoms with Crippen LogP contribution in [0, 0.1) is 18.8 Å². The molecule has 0 atom stereocenters. The summed E-state index contributed by atoms with van der Waals surface area (Å²) in [4.78, 5) is 12.2. The lowest BCUT2D eigenvalue weighted by molar-refractivity contribution is -0.129. The van der Waals surface area contributed by atoms with Gasteiger partial charge >= 0.3 is 0 Å². The molecule has 0 bridgehead atoms. The number of carbonyl (C=O) groups excluding carboxylic acids is 1. The molecule has 4 nitrogen and oxygen atoms in total. The monoisotopic (exact) mass is 287 g/mol. The van der Waals surface area contributed by atoms with Crippen LogP contribution in [-0.4, -0.2) is 30.3 Å². The van der Waals surface area contributed by atoms with Crippen LogP contribution in [0.25, 0.3) is 0 Å². The second kappa shape index (κ2) is 6.75. The Morgan fingerprint density at radius 1 is 1.48 bits per heavy atom. The molecule has 2 rings (SSSR count). The third kappa shape index (κ3) is 3.84. The van der Waals surface area contributed by atoms with Crippen LogP contribution < -0.4 is 5.32 Å². The van der Waals surface area contributed by atoms with Crippen LogP contribution in [0.2, 0.25) is 0 Å². The number of aryl methyl sites for hydroxylation is 1. The summed E-state index contributed by atoms with van der Waals surface area (Å²) >= 11 is 0. The number of hydrogen-bond acceptors (Lipinski definition) is 3. The third-order valence-electron chi connectivity index (χ3n) is 4.00. The van der Waals surface area contributed by atoms with E-state index in [1.165, 1.54) is 0 Å². The van der Waals surface area contributed by atoms with Crippen LogP contribution in [0.5, 0.6) is 0 Å². The minimum atomic E-state index is -0.272. The van der Waals surface area contributed by atoms with Gasteiger partial charge in [0.25, 0.3) is 0 Å². The minimum absolute atomic E-state index is 0.0353. The molecule has 1 aromatic rings. The number of anilines is 1. The highest BCUT2D eigenvalue weighted by molar-refractivity contribution is 5.92. The van der Waals surface area contributed by atoms with E-state index in [-0.39, 0.29) is 18.1 Å². The lowest BCUT2D eigenvalue weighted by Crippen LogP contribution is -2.42. The summed E-state index contributed by atoms with van der Waals surface area (Å²) in [6.45, 7) is 1.76. The van der Waals surface area contributed by atoms with Gasteiger partial charge in [0, 0.05) is 18.4 Å². The number of ether oxygens (including phenoxy) is 1. The molecule has 21 heavy (non-hydrogen) atoms. The van der Waals surface area contributed by atoms with Gasteiger partial charge in [-0.1, -0.05) is 17.9 Å². The molecule has 1 aliphatic rings. The number of amides is 1. The lowest BCUT2D eigenvalue weighted by atomic mass is 9.77. The van der Waals surface area contributed by atoms with Gasteiger partial charge in [0.1, 0.15) is 6.61 Å². The van der Waals surface area contributed by atoms with Gasteiger partial charge in [0.05, 0.1) is 12.0 Å². The predicted octanol–water partition coefficient (Wildman–Crippen LogP) is 2.24. The van der Waals surface area contributed by atoms with Crippen molar-refractivity contribution in [1.82, 2.24) is 0 Å². The second-order valence-electron chi connectivity index (χ2n) is 5.46. The molecule has 2 N–H and O–H groups in total. The van der Waals surface area contributed by atoms with Crippen LogP contribution in [0.4, 0.5) is 5.69 Å². The Morgan fingerprint density at radius 2 is 2.24 bits per heavy atom. The van der Waals surface area contributed by atoms with Gasteiger partial charge in [-0.15, -0.1) is 0 Å². The Labute approximate surface area is 125 Å². The highest BCUT2D eigenvalue weighted by atomic mass is 16.5. The lowest BCUT2D eigenvalue weighted by Gasteiger charge is -2.39. The van der Waals surface area contributed by atoms with Crippen molar-refractivity contribution in [2.75, 3.05) is 19.0 Å². The quantitative estimate of drug-likeness (QED) is 0.835. The molecule has 0 heterocycles. The zero-order valence-electron chi connectivity index (χ0n) is 12.5. The fourth-order valence-electron chi connectivity index (χ4n) is 2.49. The van der Waals surface area contributed by atoms with Crippen molar-refractivity contribution < 1.29 is 14.6 Å². The maximum Gasteiger partial charge on any atom is 0.227 e. The first-order chi connectivity index (χ1) is 10.1. The number of aliphatic hydroxyl groups is 1. The molecular weight excluding hydrogens is 266 g/mol. The molecular formula is C17H21NO3. The molecule has 1 aromatic carbocycles. The highest BCUT2D eigenvalue weighted by Gasteiger charge is 2.39. The smallest absolute Gasteiger partial charge is 0.227 e. The standard InChI is InChI=1S/C17H21NO3/c1-13-6-7-14(5-3-10-19)11-15(13)18-16(20)12-17(21-2)8-4-9-17/h6-7,11,19H,4,8-10,12H2,1-2H3,(H,18,20). The van der Waals surface area contributed by atoms with Gasteiger partial charge < -0.3 is 15.2 Å². The number of nitrogens with one attached hydrogen (secondary N) is 1. The van der Waals surface area contributed by atoms with E-state index in [9.17, 15) is 4.79 Å². The molecule has 1 saturated carbocycles.